The Labute approximate surface area is 130 Å². The van der Waals surface area contributed by atoms with Gasteiger partial charge in [-0.25, -0.2) is 13.4 Å². The zero-order valence-corrected chi connectivity index (χ0v) is 13.8. The number of aromatic nitrogens is 2. The monoisotopic (exact) mass is 326 g/mol. The van der Waals surface area contributed by atoms with Crippen LogP contribution >= 0.6 is 11.6 Å². The number of sulfone groups is 1. The fraction of sp³-hybridized carbons (Fsp3) is 0.533. The van der Waals surface area contributed by atoms with Crippen LogP contribution in [0.4, 0.5) is 0 Å². The van der Waals surface area contributed by atoms with E-state index in [1.165, 1.54) is 0 Å². The number of rotatable bonds is 3. The zero-order valence-electron chi connectivity index (χ0n) is 12.2. The van der Waals surface area contributed by atoms with Gasteiger partial charge >= 0.3 is 0 Å². The van der Waals surface area contributed by atoms with Crippen molar-refractivity contribution in [3.63, 3.8) is 0 Å². The van der Waals surface area contributed by atoms with Crippen molar-refractivity contribution in [3.05, 3.63) is 29.6 Å². The number of aryl methyl sites for hydroxylation is 1. The average molecular weight is 327 g/mol. The van der Waals surface area contributed by atoms with Crippen LogP contribution in [-0.4, -0.2) is 29.5 Å². The lowest BCUT2D eigenvalue weighted by Gasteiger charge is -2.15. The van der Waals surface area contributed by atoms with Crippen LogP contribution in [0.15, 0.2) is 18.2 Å². The third-order valence-electron chi connectivity index (χ3n) is 4.12. The van der Waals surface area contributed by atoms with Crippen molar-refractivity contribution < 1.29 is 8.42 Å². The van der Waals surface area contributed by atoms with E-state index in [1.54, 1.807) is 0 Å². The number of hydrogen-bond acceptors (Lipinski definition) is 3. The molecule has 0 amide bonds. The maximum atomic E-state index is 11.7. The Kier molecular flexibility index (Phi) is 3.74. The first kappa shape index (κ1) is 14.9. The van der Waals surface area contributed by atoms with Gasteiger partial charge in [-0.3, -0.25) is 0 Å². The number of fused-ring (bicyclic) bond motifs is 1. The quantitative estimate of drug-likeness (QED) is 0.814. The lowest BCUT2D eigenvalue weighted by molar-refractivity contribution is 0.486. The molecule has 114 valence electrons. The summed E-state index contributed by atoms with van der Waals surface area (Å²) in [5, 5.41) is -0.199. The fourth-order valence-corrected chi connectivity index (χ4v) is 5.16. The predicted octanol–water partition coefficient (Wildman–Crippen LogP) is 3.08. The Morgan fingerprint density at radius 2 is 2.24 bits per heavy atom. The van der Waals surface area contributed by atoms with Gasteiger partial charge in [0.15, 0.2) is 9.84 Å². The summed E-state index contributed by atoms with van der Waals surface area (Å²) in [6.45, 7) is 4.63. The number of nitrogens with zero attached hydrogens (tertiary/aromatic N) is 2. The molecule has 1 aromatic carbocycles. The van der Waals surface area contributed by atoms with Crippen molar-refractivity contribution in [3.8, 4) is 0 Å². The highest BCUT2D eigenvalue weighted by Crippen LogP contribution is 2.29. The largest absolute Gasteiger partial charge is 0.326 e. The third-order valence-corrected chi connectivity index (χ3v) is 6.15. The van der Waals surface area contributed by atoms with Crippen molar-refractivity contribution in [1.82, 2.24) is 9.55 Å². The van der Waals surface area contributed by atoms with Crippen molar-refractivity contribution in [1.29, 1.82) is 0 Å². The lowest BCUT2D eigenvalue weighted by atomic mass is 10.1. The molecule has 0 aliphatic carbocycles. The summed E-state index contributed by atoms with van der Waals surface area (Å²) in [5.74, 6) is 1.55. The van der Waals surface area contributed by atoms with Gasteiger partial charge in [0.2, 0.25) is 0 Å². The second-order valence-electron chi connectivity index (χ2n) is 5.91. The van der Waals surface area contributed by atoms with Crippen molar-refractivity contribution in [2.24, 2.45) is 5.92 Å². The molecule has 4 nitrogen and oxygen atoms in total. The molecular weight excluding hydrogens is 308 g/mol. The number of para-hydroxylation sites is 1. The van der Waals surface area contributed by atoms with Crippen molar-refractivity contribution >= 4 is 32.5 Å². The van der Waals surface area contributed by atoms with Crippen LogP contribution in [0, 0.1) is 12.8 Å². The second kappa shape index (κ2) is 5.29. The summed E-state index contributed by atoms with van der Waals surface area (Å²) >= 11 is 6.27. The van der Waals surface area contributed by atoms with E-state index in [9.17, 15) is 8.42 Å². The molecule has 0 spiro atoms. The van der Waals surface area contributed by atoms with E-state index in [0.29, 0.717) is 12.3 Å². The Hall–Kier alpha value is -1.07. The molecule has 1 saturated heterocycles. The van der Waals surface area contributed by atoms with E-state index >= 15 is 0 Å². The Bertz CT molecular complexity index is 780. The molecule has 21 heavy (non-hydrogen) atoms. The molecule has 0 radical (unpaired) electrons. The molecule has 2 unspecified atom stereocenters. The van der Waals surface area contributed by atoms with Gasteiger partial charge in [-0.1, -0.05) is 12.1 Å². The topological polar surface area (TPSA) is 52.0 Å². The van der Waals surface area contributed by atoms with Gasteiger partial charge in [0.25, 0.3) is 0 Å². The van der Waals surface area contributed by atoms with Crippen molar-refractivity contribution in [2.45, 2.75) is 32.2 Å². The first-order chi connectivity index (χ1) is 9.87. The number of halogens is 1. The first-order valence-corrected chi connectivity index (χ1v) is 9.43. The fourth-order valence-electron chi connectivity index (χ4n) is 3.15. The van der Waals surface area contributed by atoms with Gasteiger partial charge < -0.3 is 4.57 Å². The number of hydrogen-bond donors (Lipinski definition) is 0. The maximum Gasteiger partial charge on any atom is 0.150 e. The standard InChI is InChI=1S/C15H19ClN2O2S/c1-10-4-3-5-13-14(10)18(15(17-13)11(2)16)8-12-6-7-21(19,20)9-12/h3-5,11-12H,6-9H2,1-2H3. The van der Waals surface area contributed by atoms with Gasteiger partial charge in [0, 0.05) is 6.54 Å². The molecule has 1 aromatic heterocycles. The average Bonchev–Trinajstić information content (AvgIpc) is 2.92. The maximum absolute atomic E-state index is 11.7. The van der Waals surface area contributed by atoms with Crippen LogP contribution in [0.2, 0.25) is 0 Å². The highest BCUT2D eigenvalue weighted by atomic mass is 35.5. The predicted molar refractivity (Wildman–Crippen MR) is 85.5 cm³/mol. The normalized spacial score (nSPS) is 22.7. The zero-order chi connectivity index (χ0) is 15.2. The summed E-state index contributed by atoms with van der Waals surface area (Å²) in [6.07, 6.45) is 0.726. The molecule has 1 aliphatic rings. The van der Waals surface area contributed by atoms with Gasteiger partial charge in [0.05, 0.1) is 27.9 Å². The van der Waals surface area contributed by atoms with Crippen LogP contribution in [0.5, 0.6) is 0 Å². The number of alkyl halides is 1. The van der Waals surface area contributed by atoms with Crippen LogP contribution in [0.1, 0.15) is 30.1 Å². The van der Waals surface area contributed by atoms with E-state index in [-0.39, 0.29) is 17.0 Å². The highest BCUT2D eigenvalue weighted by Gasteiger charge is 2.29. The van der Waals surface area contributed by atoms with Crippen LogP contribution in [-0.2, 0) is 16.4 Å². The van der Waals surface area contributed by atoms with Crippen LogP contribution in [0.3, 0.4) is 0 Å². The minimum Gasteiger partial charge on any atom is -0.326 e. The summed E-state index contributed by atoms with van der Waals surface area (Å²) in [7, 11) is -2.86. The van der Waals surface area contributed by atoms with E-state index in [2.05, 4.69) is 22.5 Å². The lowest BCUT2D eigenvalue weighted by Crippen LogP contribution is -2.15. The molecule has 1 fully saturated rings. The first-order valence-electron chi connectivity index (χ1n) is 7.17. The molecule has 0 bridgehead atoms. The molecule has 0 saturated carbocycles. The number of benzene rings is 1. The minimum absolute atomic E-state index is 0.154. The Morgan fingerprint density at radius 1 is 1.48 bits per heavy atom. The Morgan fingerprint density at radius 3 is 2.86 bits per heavy atom. The number of imidazole rings is 1. The molecule has 3 rings (SSSR count). The van der Waals surface area contributed by atoms with Gasteiger partial charge in [0.1, 0.15) is 5.82 Å². The molecule has 2 aromatic rings. The van der Waals surface area contributed by atoms with Crippen LogP contribution < -0.4 is 0 Å². The summed E-state index contributed by atoms with van der Waals surface area (Å²) < 4.78 is 25.5. The van der Waals surface area contributed by atoms with Crippen molar-refractivity contribution in [2.75, 3.05) is 11.5 Å². The molecule has 2 heterocycles. The summed E-state index contributed by atoms with van der Waals surface area (Å²) in [5.41, 5.74) is 3.15. The SMILES string of the molecule is Cc1cccc2nc(C(C)Cl)n(CC3CCS(=O)(=O)C3)c12. The molecular formula is C15H19ClN2O2S. The summed E-state index contributed by atoms with van der Waals surface area (Å²) in [6, 6.07) is 6.01. The van der Waals surface area contributed by atoms with E-state index in [0.717, 1.165) is 28.8 Å². The highest BCUT2D eigenvalue weighted by molar-refractivity contribution is 7.91. The smallest absolute Gasteiger partial charge is 0.150 e. The minimum atomic E-state index is -2.86. The molecule has 2 atom stereocenters. The van der Waals surface area contributed by atoms with Gasteiger partial charge in [-0.05, 0) is 37.8 Å². The van der Waals surface area contributed by atoms with Gasteiger partial charge in [-0.15, -0.1) is 11.6 Å². The molecule has 6 heteroatoms. The molecule has 0 N–H and O–H groups in total. The van der Waals surface area contributed by atoms with Crippen LogP contribution in [0.25, 0.3) is 11.0 Å². The molecule has 1 aliphatic heterocycles. The van der Waals surface area contributed by atoms with E-state index in [4.69, 9.17) is 11.6 Å². The van der Waals surface area contributed by atoms with E-state index in [1.807, 2.05) is 19.1 Å². The van der Waals surface area contributed by atoms with E-state index < -0.39 is 9.84 Å². The van der Waals surface area contributed by atoms with Gasteiger partial charge in [-0.2, -0.15) is 0 Å². The second-order valence-corrected chi connectivity index (χ2v) is 8.79. The summed E-state index contributed by atoms with van der Waals surface area (Å²) in [4.78, 5) is 4.63. The Balaban J connectivity index is 2.05. The third kappa shape index (κ3) is 2.81.